The topological polar surface area (TPSA) is 72.6 Å². The van der Waals surface area contributed by atoms with E-state index in [1.807, 2.05) is 42.5 Å². The van der Waals surface area contributed by atoms with Crippen LogP contribution in [-0.2, 0) is 17.8 Å². The minimum Gasteiger partial charge on any atom is -0.489 e. The van der Waals surface area contributed by atoms with Crippen molar-refractivity contribution in [3.63, 3.8) is 0 Å². The molecule has 0 radical (unpaired) electrons. The number of carbonyl (C=O) groups is 1. The lowest BCUT2D eigenvalue weighted by Gasteiger charge is -2.11. The Balaban J connectivity index is 0.000000157. The fraction of sp³-hybridized carbons (Fsp3) is 0.188. The van der Waals surface area contributed by atoms with E-state index in [0.29, 0.717) is 6.42 Å². The first kappa shape index (κ1) is 14.1. The number of fused-ring (bicyclic) bond motifs is 3. The predicted molar refractivity (Wildman–Crippen MR) is 76.5 cm³/mol. The van der Waals surface area contributed by atoms with Crippen molar-refractivity contribution in [2.24, 2.45) is 5.73 Å². The van der Waals surface area contributed by atoms with Crippen LogP contribution in [0.3, 0.4) is 0 Å². The molecule has 1 atom stereocenters. The second-order valence-electron chi connectivity index (χ2n) is 4.57. The summed E-state index contributed by atoms with van der Waals surface area (Å²) >= 11 is 0. The molecular weight excluding hydrogens is 254 g/mol. The van der Waals surface area contributed by atoms with Crippen LogP contribution in [0.4, 0.5) is 0 Å². The Bertz CT molecular complexity index is 529. The molecule has 2 aliphatic rings. The number of nitrogens with two attached hydrogens (primary N) is 1. The van der Waals surface area contributed by atoms with Gasteiger partial charge in [-0.25, -0.2) is 0 Å². The summed E-state index contributed by atoms with van der Waals surface area (Å²) < 4.78 is 5.18. The van der Waals surface area contributed by atoms with Gasteiger partial charge in [0.05, 0.1) is 0 Å². The van der Waals surface area contributed by atoms with Crippen molar-refractivity contribution in [3.8, 4) is 5.75 Å². The quantitative estimate of drug-likeness (QED) is 0.897. The van der Waals surface area contributed by atoms with E-state index < -0.39 is 12.0 Å². The van der Waals surface area contributed by atoms with Gasteiger partial charge >= 0.3 is 5.97 Å². The molecule has 0 amide bonds. The second-order valence-corrected chi connectivity index (χ2v) is 4.57. The van der Waals surface area contributed by atoms with Crippen molar-refractivity contribution in [1.29, 1.82) is 0 Å². The number of hydrogen-bond acceptors (Lipinski definition) is 3. The highest BCUT2D eigenvalue weighted by Gasteiger charge is 2.10. The summed E-state index contributed by atoms with van der Waals surface area (Å²) in [5.74, 6) is 0.0267. The number of aliphatic carboxylic acids is 1. The number of benzene rings is 2. The van der Waals surface area contributed by atoms with Gasteiger partial charge in [0.2, 0.25) is 0 Å². The molecule has 0 saturated heterocycles. The van der Waals surface area contributed by atoms with Gasteiger partial charge in [0.15, 0.2) is 0 Å². The molecule has 1 unspecified atom stereocenters. The SMILES string of the molecule is NC(Cc1ccccc1)C(=O)O.c1cc2ccc1CO2. The highest BCUT2D eigenvalue weighted by atomic mass is 16.5. The van der Waals surface area contributed by atoms with Crippen LogP contribution in [0.15, 0.2) is 54.6 Å². The number of carboxylic acid groups (broad SMARTS) is 1. The Labute approximate surface area is 117 Å². The normalized spacial score (nSPS) is 12.8. The summed E-state index contributed by atoms with van der Waals surface area (Å²) in [7, 11) is 0. The second kappa shape index (κ2) is 6.73. The molecule has 0 spiro atoms. The molecular formula is C16H17NO3. The summed E-state index contributed by atoms with van der Waals surface area (Å²) in [6, 6.07) is 16.7. The van der Waals surface area contributed by atoms with Crippen LogP contribution >= 0.6 is 0 Å². The van der Waals surface area contributed by atoms with Gasteiger partial charge in [-0.3, -0.25) is 4.79 Å². The van der Waals surface area contributed by atoms with Crippen LogP contribution in [-0.4, -0.2) is 17.1 Å². The standard InChI is InChI=1S/C9H11NO2.C7H6O/c10-8(9(11)12)6-7-4-2-1-3-5-7;1-3-7-4-2-6(1)5-8-7/h1-5,8H,6,10H2,(H,11,12);1-4H,5H2. The van der Waals surface area contributed by atoms with Gasteiger partial charge < -0.3 is 15.6 Å². The molecule has 2 aromatic rings. The van der Waals surface area contributed by atoms with Crippen molar-refractivity contribution < 1.29 is 14.6 Å². The van der Waals surface area contributed by atoms with Gasteiger partial charge in [0.1, 0.15) is 18.4 Å². The molecule has 2 aromatic carbocycles. The predicted octanol–water partition coefficient (Wildman–Crippen LogP) is 2.22. The van der Waals surface area contributed by atoms with E-state index in [-0.39, 0.29) is 0 Å². The smallest absolute Gasteiger partial charge is 0.320 e. The molecule has 104 valence electrons. The third-order valence-electron chi connectivity index (χ3n) is 2.94. The average Bonchev–Trinajstić information content (AvgIpc) is 2.51. The van der Waals surface area contributed by atoms with Gasteiger partial charge in [0, 0.05) is 0 Å². The fourth-order valence-electron chi connectivity index (χ4n) is 1.80. The summed E-state index contributed by atoms with van der Waals surface area (Å²) in [4.78, 5) is 10.4. The minimum atomic E-state index is -0.959. The number of ether oxygens (including phenoxy) is 1. The van der Waals surface area contributed by atoms with Crippen molar-refractivity contribution in [2.45, 2.75) is 19.1 Å². The van der Waals surface area contributed by atoms with Crippen molar-refractivity contribution in [2.75, 3.05) is 0 Å². The molecule has 4 nitrogen and oxygen atoms in total. The zero-order valence-electron chi connectivity index (χ0n) is 11.0. The summed E-state index contributed by atoms with van der Waals surface area (Å²) in [5, 5.41) is 8.52. The molecule has 4 rings (SSSR count). The molecule has 0 aliphatic carbocycles. The lowest BCUT2D eigenvalue weighted by Crippen LogP contribution is -2.32. The number of rotatable bonds is 3. The first-order valence-corrected chi connectivity index (χ1v) is 6.39. The van der Waals surface area contributed by atoms with Gasteiger partial charge in [-0.15, -0.1) is 0 Å². The maximum Gasteiger partial charge on any atom is 0.320 e. The minimum absolute atomic E-state index is 0.385. The highest BCUT2D eigenvalue weighted by Crippen LogP contribution is 2.19. The maximum absolute atomic E-state index is 10.4. The monoisotopic (exact) mass is 271 g/mol. The number of carboxylic acids is 1. The van der Waals surface area contributed by atoms with Gasteiger partial charge in [-0.2, -0.15) is 0 Å². The van der Waals surface area contributed by atoms with Crippen LogP contribution in [0.2, 0.25) is 0 Å². The zero-order valence-corrected chi connectivity index (χ0v) is 11.0. The van der Waals surface area contributed by atoms with Crippen LogP contribution < -0.4 is 10.5 Å². The Morgan fingerprint density at radius 1 is 1.15 bits per heavy atom. The van der Waals surface area contributed by atoms with E-state index in [0.717, 1.165) is 17.9 Å². The number of hydrogen-bond donors (Lipinski definition) is 2. The van der Waals surface area contributed by atoms with Crippen LogP contribution in [0.5, 0.6) is 5.75 Å². The van der Waals surface area contributed by atoms with Crippen molar-refractivity contribution >= 4 is 5.97 Å². The third-order valence-corrected chi connectivity index (χ3v) is 2.94. The molecule has 20 heavy (non-hydrogen) atoms. The maximum atomic E-state index is 10.4. The van der Waals surface area contributed by atoms with E-state index in [1.54, 1.807) is 0 Å². The van der Waals surface area contributed by atoms with Crippen LogP contribution in [0.1, 0.15) is 11.1 Å². The Kier molecular flexibility index (Phi) is 4.74. The lowest BCUT2D eigenvalue weighted by molar-refractivity contribution is -0.138. The summed E-state index contributed by atoms with van der Waals surface area (Å²) in [6.45, 7) is 0.766. The molecule has 2 bridgehead atoms. The zero-order chi connectivity index (χ0) is 14.4. The van der Waals surface area contributed by atoms with E-state index in [1.165, 1.54) is 5.56 Å². The van der Waals surface area contributed by atoms with Gasteiger partial charge in [-0.05, 0) is 29.7 Å². The van der Waals surface area contributed by atoms with Crippen molar-refractivity contribution in [1.82, 2.24) is 0 Å². The lowest BCUT2D eigenvalue weighted by atomic mass is 10.1. The Hall–Kier alpha value is -2.33. The third kappa shape index (κ3) is 4.10. The molecule has 0 aromatic heterocycles. The Morgan fingerprint density at radius 3 is 2.15 bits per heavy atom. The van der Waals surface area contributed by atoms with E-state index >= 15 is 0 Å². The highest BCUT2D eigenvalue weighted by molar-refractivity contribution is 5.73. The van der Waals surface area contributed by atoms with E-state index in [4.69, 9.17) is 15.6 Å². The van der Waals surface area contributed by atoms with E-state index in [9.17, 15) is 4.79 Å². The van der Waals surface area contributed by atoms with Crippen LogP contribution in [0, 0.1) is 0 Å². The molecule has 3 N–H and O–H groups in total. The Morgan fingerprint density at radius 2 is 1.80 bits per heavy atom. The molecule has 2 heterocycles. The molecule has 2 aliphatic heterocycles. The van der Waals surface area contributed by atoms with Gasteiger partial charge in [0.25, 0.3) is 0 Å². The first-order valence-electron chi connectivity index (χ1n) is 6.39. The first-order chi connectivity index (χ1) is 9.65. The molecule has 4 heteroatoms. The molecule has 0 fully saturated rings. The summed E-state index contributed by atoms with van der Waals surface area (Å²) in [5.41, 5.74) is 7.56. The van der Waals surface area contributed by atoms with Gasteiger partial charge in [-0.1, -0.05) is 42.5 Å². The largest absolute Gasteiger partial charge is 0.489 e. The summed E-state index contributed by atoms with van der Waals surface area (Å²) in [6.07, 6.45) is 0.385. The van der Waals surface area contributed by atoms with E-state index in [2.05, 4.69) is 12.1 Å². The van der Waals surface area contributed by atoms with Crippen molar-refractivity contribution in [3.05, 3.63) is 65.7 Å². The average molecular weight is 271 g/mol. The molecule has 0 saturated carbocycles. The van der Waals surface area contributed by atoms with Crippen LogP contribution in [0.25, 0.3) is 0 Å². The fourth-order valence-corrected chi connectivity index (χ4v) is 1.80.